The maximum Gasteiger partial charge on any atom is 0.115 e. The van der Waals surface area contributed by atoms with E-state index < -0.39 is 0 Å². The second kappa shape index (κ2) is 5.95. The SMILES string of the molecule is CC(C)SCC(NN)c1cncnc1. The average molecular weight is 212 g/mol. The van der Waals surface area contributed by atoms with E-state index in [1.54, 1.807) is 12.4 Å². The smallest absolute Gasteiger partial charge is 0.115 e. The molecule has 1 aromatic rings. The Morgan fingerprint density at radius 2 is 2.07 bits per heavy atom. The zero-order valence-corrected chi connectivity index (χ0v) is 9.29. The van der Waals surface area contributed by atoms with Gasteiger partial charge in [0.05, 0.1) is 6.04 Å². The molecule has 0 amide bonds. The van der Waals surface area contributed by atoms with Crippen LogP contribution in [0.15, 0.2) is 18.7 Å². The summed E-state index contributed by atoms with van der Waals surface area (Å²) in [6, 6.07) is 0.128. The van der Waals surface area contributed by atoms with E-state index in [9.17, 15) is 0 Å². The number of rotatable bonds is 5. The van der Waals surface area contributed by atoms with Gasteiger partial charge in [-0.15, -0.1) is 0 Å². The molecule has 0 bridgehead atoms. The first-order valence-electron chi connectivity index (χ1n) is 4.56. The van der Waals surface area contributed by atoms with E-state index in [4.69, 9.17) is 5.84 Å². The van der Waals surface area contributed by atoms with Gasteiger partial charge in [0.15, 0.2) is 0 Å². The van der Waals surface area contributed by atoms with Crippen molar-refractivity contribution < 1.29 is 0 Å². The fraction of sp³-hybridized carbons (Fsp3) is 0.556. The van der Waals surface area contributed by atoms with Crippen LogP contribution in [0, 0.1) is 0 Å². The first kappa shape index (κ1) is 11.4. The molecule has 0 spiro atoms. The van der Waals surface area contributed by atoms with Crippen molar-refractivity contribution in [2.24, 2.45) is 5.84 Å². The molecular formula is C9H16N4S. The summed E-state index contributed by atoms with van der Waals surface area (Å²) >= 11 is 1.86. The highest BCUT2D eigenvalue weighted by molar-refractivity contribution is 7.99. The third-order valence-electron chi connectivity index (χ3n) is 1.78. The zero-order chi connectivity index (χ0) is 10.4. The summed E-state index contributed by atoms with van der Waals surface area (Å²) in [6.07, 6.45) is 5.10. The van der Waals surface area contributed by atoms with Crippen LogP contribution in [0.1, 0.15) is 25.5 Å². The van der Waals surface area contributed by atoms with Crippen LogP contribution in [0.2, 0.25) is 0 Å². The number of hydrogen-bond donors (Lipinski definition) is 2. The van der Waals surface area contributed by atoms with E-state index in [-0.39, 0.29) is 6.04 Å². The van der Waals surface area contributed by atoms with E-state index in [0.29, 0.717) is 5.25 Å². The Morgan fingerprint density at radius 3 is 2.57 bits per heavy atom. The maximum atomic E-state index is 5.47. The molecule has 1 rings (SSSR count). The molecule has 0 saturated carbocycles. The molecule has 0 saturated heterocycles. The first-order chi connectivity index (χ1) is 6.74. The topological polar surface area (TPSA) is 63.8 Å². The third kappa shape index (κ3) is 3.61. The van der Waals surface area contributed by atoms with Gasteiger partial charge >= 0.3 is 0 Å². The fourth-order valence-corrected chi connectivity index (χ4v) is 1.89. The number of nitrogens with two attached hydrogens (primary N) is 1. The molecule has 4 nitrogen and oxygen atoms in total. The van der Waals surface area contributed by atoms with Gasteiger partial charge in [0, 0.05) is 23.7 Å². The van der Waals surface area contributed by atoms with Crippen LogP contribution in [0.25, 0.3) is 0 Å². The molecule has 0 radical (unpaired) electrons. The lowest BCUT2D eigenvalue weighted by molar-refractivity contribution is 0.605. The van der Waals surface area contributed by atoms with Gasteiger partial charge in [0.1, 0.15) is 6.33 Å². The van der Waals surface area contributed by atoms with Crippen molar-refractivity contribution in [3.05, 3.63) is 24.3 Å². The van der Waals surface area contributed by atoms with Crippen molar-refractivity contribution >= 4 is 11.8 Å². The number of hydrazine groups is 1. The molecular weight excluding hydrogens is 196 g/mol. The zero-order valence-electron chi connectivity index (χ0n) is 8.47. The standard InChI is InChI=1S/C9H16N4S/c1-7(2)14-5-9(13-10)8-3-11-6-12-4-8/h3-4,6-7,9,13H,5,10H2,1-2H3. The van der Waals surface area contributed by atoms with Crippen LogP contribution in [0.5, 0.6) is 0 Å². The Bertz CT molecular complexity index is 252. The van der Waals surface area contributed by atoms with Gasteiger partial charge in [-0.25, -0.2) is 9.97 Å². The quantitative estimate of drug-likeness (QED) is 0.565. The van der Waals surface area contributed by atoms with Crippen molar-refractivity contribution in [1.82, 2.24) is 15.4 Å². The number of nitrogens with one attached hydrogen (secondary N) is 1. The van der Waals surface area contributed by atoms with Crippen molar-refractivity contribution in [3.8, 4) is 0 Å². The summed E-state index contributed by atoms with van der Waals surface area (Å²) in [6.45, 7) is 4.33. The average Bonchev–Trinajstić information content (AvgIpc) is 2.20. The lowest BCUT2D eigenvalue weighted by Gasteiger charge is -2.16. The summed E-state index contributed by atoms with van der Waals surface area (Å²) in [5, 5.41) is 0.607. The van der Waals surface area contributed by atoms with Gasteiger partial charge in [0.2, 0.25) is 0 Å². The second-order valence-corrected chi connectivity index (χ2v) is 4.88. The minimum Gasteiger partial charge on any atom is -0.271 e. The minimum atomic E-state index is 0.128. The van der Waals surface area contributed by atoms with Crippen LogP contribution >= 0.6 is 11.8 Å². The molecule has 14 heavy (non-hydrogen) atoms. The first-order valence-corrected chi connectivity index (χ1v) is 5.61. The summed E-state index contributed by atoms with van der Waals surface area (Å²) in [5.74, 6) is 6.40. The number of thioether (sulfide) groups is 1. The van der Waals surface area contributed by atoms with Gasteiger partial charge in [-0.1, -0.05) is 13.8 Å². The lowest BCUT2D eigenvalue weighted by Crippen LogP contribution is -2.30. The number of hydrogen-bond acceptors (Lipinski definition) is 5. The van der Waals surface area contributed by atoms with E-state index >= 15 is 0 Å². The lowest BCUT2D eigenvalue weighted by atomic mass is 10.2. The molecule has 1 heterocycles. The molecule has 1 unspecified atom stereocenters. The summed E-state index contributed by atoms with van der Waals surface area (Å²) in [7, 11) is 0. The fourth-order valence-electron chi connectivity index (χ4n) is 1.02. The number of aromatic nitrogens is 2. The molecule has 1 atom stereocenters. The molecule has 0 aliphatic rings. The largest absolute Gasteiger partial charge is 0.271 e. The Hall–Kier alpha value is -0.650. The molecule has 1 aromatic heterocycles. The molecule has 0 aromatic carbocycles. The van der Waals surface area contributed by atoms with E-state index in [1.165, 1.54) is 6.33 Å². The van der Waals surface area contributed by atoms with Crippen LogP contribution < -0.4 is 11.3 Å². The molecule has 3 N–H and O–H groups in total. The molecule has 0 fully saturated rings. The normalized spacial score (nSPS) is 13.1. The van der Waals surface area contributed by atoms with Gasteiger partial charge in [-0.3, -0.25) is 11.3 Å². The molecule has 0 aliphatic heterocycles. The van der Waals surface area contributed by atoms with Crippen LogP contribution in [-0.2, 0) is 0 Å². The van der Waals surface area contributed by atoms with E-state index in [0.717, 1.165) is 11.3 Å². The minimum absolute atomic E-state index is 0.128. The van der Waals surface area contributed by atoms with E-state index in [1.807, 2.05) is 11.8 Å². The van der Waals surface area contributed by atoms with Gasteiger partial charge in [0.25, 0.3) is 0 Å². The van der Waals surface area contributed by atoms with Gasteiger partial charge in [-0.2, -0.15) is 11.8 Å². The van der Waals surface area contributed by atoms with Crippen molar-refractivity contribution in [3.63, 3.8) is 0 Å². The monoisotopic (exact) mass is 212 g/mol. The van der Waals surface area contributed by atoms with Crippen LogP contribution in [0.3, 0.4) is 0 Å². The van der Waals surface area contributed by atoms with Crippen molar-refractivity contribution in [2.75, 3.05) is 5.75 Å². The molecule has 0 aliphatic carbocycles. The van der Waals surface area contributed by atoms with Gasteiger partial charge in [-0.05, 0) is 5.25 Å². The highest BCUT2D eigenvalue weighted by Gasteiger charge is 2.10. The molecule has 5 heteroatoms. The summed E-state index contributed by atoms with van der Waals surface area (Å²) in [4.78, 5) is 7.93. The van der Waals surface area contributed by atoms with Crippen molar-refractivity contribution in [2.45, 2.75) is 25.1 Å². The predicted molar refractivity (Wildman–Crippen MR) is 59.7 cm³/mol. The Balaban J connectivity index is 2.54. The second-order valence-electron chi connectivity index (χ2n) is 3.27. The predicted octanol–water partition coefficient (Wildman–Crippen LogP) is 1.12. The third-order valence-corrected chi connectivity index (χ3v) is 2.97. The van der Waals surface area contributed by atoms with E-state index in [2.05, 4.69) is 29.2 Å². The van der Waals surface area contributed by atoms with Gasteiger partial charge < -0.3 is 0 Å². The highest BCUT2D eigenvalue weighted by atomic mass is 32.2. The van der Waals surface area contributed by atoms with Crippen LogP contribution in [0.4, 0.5) is 0 Å². The van der Waals surface area contributed by atoms with Crippen LogP contribution in [-0.4, -0.2) is 21.0 Å². The molecule has 78 valence electrons. The Labute approximate surface area is 88.7 Å². The Morgan fingerprint density at radius 1 is 1.43 bits per heavy atom. The summed E-state index contributed by atoms with van der Waals surface area (Å²) < 4.78 is 0. The maximum absolute atomic E-state index is 5.47. The van der Waals surface area contributed by atoms with Crippen molar-refractivity contribution in [1.29, 1.82) is 0 Å². The highest BCUT2D eigenvalue weighted by Crippen LogP contribution is 2.19. The Kier molecular flexibility index (Phi) is 4.86. The number of nitrogens with zero attached hydrogens (tertiary/aromatic N) is 2. The summed E-state index contributed by atoms with van der Waals surface area (Å²) in [5.41, 5.74) is 3.80.